The third-order valence-electron chi connectivity index (χ3n) is 26.2. The number of fused-ring (bicyclic) bond motifs is 8. The third-order valence-corrected chi connectivity index (χ3v) is 26.2. The number of hydrogen-bond donors (Lipinski definition) is 0. The molecule has 10 rings (SSSR count). The van der Waals surface area contributed by atoms with Crippen LogP contribution < -0.4 is 0 Å². The molecule has 0 saturated heterocycles. The number of rotatable bonds is 35. The average molecular weight is 1590 g/mol. The summed E-state index contributed by atoms with van der Waals surface area (Å²) in [5, 5.41) is 17.0. The standard InChI is InChI=1S/C108H134O10/c1-69(2)105(70(3)4,71(5)6)41-37-91-95-61-81-29-25-27-31-83(81)63-97(95)93(39-43-107(75(13)14,76(15)16)77(17)18)101-67-89-59-87(35-33-85(89)65-99(91)101)103(109)117-57-55-115-53-51-113-49-47-111-45-46-112-48-50-114-52-54-116-56-58-118-104(110)88-36-34-86-66-100-92(38-42-106(72(7)8,73(9)10)74(11)12)96-62-82-30-26-28-32-84(82)64-98(96)94(102(100)68-90(86)60-88)40-44-108(78(19)20,79(21)22)80(23)24/h25-36,59-80H,45-58H2,1-24H3. The number of esters is 2. The van der Waals surface area contributed by atoms with Gasteiger partial charge in [-0.05, 0) is 230 Å². The Morgan fingerprint density at radius 2 is 0.398 bits per heavy atom. The molecule has 0 aliphatic carbocycles. The smallest absolute Gasteiger partial charge is 0.338 e. The van der Waals surface area contributed by atoms with Crippen LogP contribution in [0.1, 0.15) is 209 Å². The van der Waals surface area contributed by atoms with Crippen LogP contribution in [0.3, 0.4) is 0 Å². The second kappa shape index (κ2) is 40.5. The van der Waals surface area contributed by atoms with Crippen LogP contribution in [0.2, 0.25) is 0 Å². The molecule has 626 valence electrons. The summed E-state index contributed by atoms with van der Waals surface area (Å²) in [5.74, 6) is 34.6. The van der Waals surface area contributed by atoms with Gasteiger partial charge in [0, 0.05) is 43.9 Å². The number of hydrogen-bond acceptors (Lipinski definition) is 10. The summed E-state index contributed by atoms with van der Waals surface area (Å²) >= 11 is 0. The van der Waals surface area contributed by atoms with Gasteiger partial charge in [-0.15, -0.1) is 0 Å². The van der Waals surface area contributed by atoms with E-state index in [1.165, 1.54) is 0 Å². The van der Waals surface area contributed by atoms with E-state index in [9.17, 15) is 9.59 Å². The fourth-order valence-electron chi connectivity index (χ4n) is 20.3. The van der Waals surface area contributed by atoms with Crippen molar-refractivity contribution >= 4 is 98.1 Å². The van der Waals surface area contributed by atoms with Crippen molar-refractivity contribution in [3.05, 3.63) is 167 Å². The summed E-state index contributed by atoms with van der Waals surface area (Å²) in [6.07, 6.45) is 0. The Morgan fingerprint density at radius 1 is 0.229 bits per heavy atom. The Labute approximate surface area is 707 Å². The molecule has 0 fully saturated rings. The highest BCUT2D eigenvalue weighted by molar-refractivity contribution is 6.18. The maximum Gasteiger partial charge on any atom is 0.338 e. The Balaban J connectivity index is 0.670. The topological polar surface area (TPSA) is 108 Å². The van der Waals surface area contributed by atoms with Crippen LogP contribution in [-0.4, -0.2) is 104 Å². The molecule has 0 amide bonds. The zero-order chi connectivity index (χ0) is 85.6. The van der Waals surface area contributed by atoms with Crippen molar-refractivity contribution in [1.82, 2.24) is 0 Å². The number of ether oxygens (including phenoxy) is 8. The van der Waals surface area contributed by atoms with Gasteiger partial charge in [-0.2, -0.15) is 0 Å². The zero-order valence-corrected chi connectivity index (χ0v) is 75.6. The van der Waals surface area contributed by atoms with Crippen molar-refractivity contribution in [3.8, 4) is 47.4 Å². The first kappa shape index (κ1) is 91.5. The summed E-state index contributed by atoms with van der Waals surface area (Å²) in [7, 11) is 0. The molecule has 0 aliphatic rings. The maximum absolute atomic E-state index is 13.8. The largest absolute Gasteiger partial charge is 0.460 e. The molecular formula is C108H134O10. The van der Waals surface area contributed by atoms with E-state index in [2.05, 4.69) is 311 Å². The fourth-order valence-corrected chi connectivity index (χ4v) is 20.3. The van der Waals surface area contributed by atoms with Crippen LogP contribution in [0.15, 0.2) is 133 Å². The van der Waals surface area contributed by atoms with E-state index in [-0.39, 0.29) is 48.1 Å². The molecule has 10 aromatic rings. The summed E-state index contributed by atoms with van der Waals surface area (Å²) in [6, 6.07) is 47.0. The molecule has 0 unspecified atom stereocenters. The van der Waals surface area contributed by atoms with Gasteiger partial charge in [0.15, 0.2) is 0 Å². The maximum atomic E-state index is 13.8. The molecule has 0 heterocycles. The second-order valence-corrected chi connectivity index (χ2v) is 36.4. The van der Waals surface area contributed by atoms with Gasteiger partial charge in [-0.1, -0.05) is 274 Å². The lowest BCUT2D eigenvalue weighted by Crippen LogP contribution is -2.37. The van der Waals surface area contributed by atoms with E-state index in [1.54, 1.807) is 0 Å². The van der Waals surface area contributed by atoms with Crippen LogP contribution in [0.25, 0.3) is 86.2 Å². The Morgan fingerprint density at radius 3 is 0.585 bits per heavy atom. The Bertz CT molecular complexity index is 5030. The SMILES string of the molecule is CC(C)C(C#Cc1c2cc3ccccc3cc2c(C#CC(C(C)C)(C(C)C)C(C)C)c2cc3cc(C(=O)OCCOCCOCCOCCOCCOCCOCCOC(=O)c4ccc5cc6c(C#CC(C(C)C)(C(C)C)C(C)C)c7cc8ccccc8cc7c(C#CC(C(C)C)(C(C)C)C(C)C)c6cc5c4)ccc3cc12)(C(C)C)C(C)C. The van der Waals surface area contributed by atoms with Crippen molar-refractivity contribution in [3.63, 3.8) is 0 Å². The minimum Gasteiger partial charge on any atom is -0.460 e. The molecule has 0 radical (unpaired) electrons. The predicted octanol–water partition coefficient (Wildman–Crippen LogP) is 25.2. The van der Waals surface area contributed by atoms with E-state index in [4.69, 9.17) is 37.9 Å². The van der Waals surface area contributed by atoms with Crippen molar-refractivity contribution in [2.24, 2.45) is 92.7 Å². The highest BCUT2D eigenvalue weighted by Gasteiger charge is 2.42. The summed E-state index contributed by atoms with van der Waals surface area (Å²) in [6.45, 7) is 59.9. The van der Waals surface area contributed by atoms with E-state index in [1.807, 2.05) is 36.4 Å². The predicted molar refractivity (Wildman–Crippen MR) is 494 cm³/mol. The third kappa shape index (κ3) is 19.6. The molecule has 0 spiro atoms. The number of carbonyl (C=O) groups is 2. The number of carbonyl (C=O) groups excluding carboxylic acids is 2. The van der Waals surface area contributed by atoms with Crippen LogP contribution in [-0.2, 0) is 37.9 Å². The van der Waals surface area contributed by atoms with Crippen LogP contribution in [0.4, 0.5) is 0 Å². The normalized spacial score (nSPS) is 12.6. The lowest BCUT2D eigenvalue weighted by atomic mass is 9.62. The van der Waals surface area contributed by atoms with Gasteiger partial charge in [0.05, 0.1) is 90.4 Å². The van der Waals surface area contributed by atoms with Gasteiger partial charge in [-0.3, -0.25) is 0 Å². The lowest BCUT2D eigenvalue weighted by Gasteiger charge is -2.40. The molecule has 10 heteroatoms. The van der Waals surface area contributed by atoms with E-state index in [0.717, 1.165) is 108 Å². The van der Waals surface area contributed by atoms with Gasteiger partial charge in [0.25, 0.3) is 0 Å². The van der Waals surface area contributed by atoms with Gasteiger partial charge in [-0.25, -0.2) is 9.59 Å². The highest BCUT2D eigenvalue weighted by Crippen LogP contribution is 2.49. The molecule has 10 aromatic carbocycles. The molecule has 0 atom stereocenters. The molecule has 0 N–H and O–H groups in total. The van der Waals surface area contributed by atoms with Crippen LogP contribution >= 0.6 is 0 Å². The van der Waals surface area contributed by atoms with Gasteiger partial charge in [0.2, 0.25) is 0 Å². The van der Waals surface area contributed by atoms with Crippen molar-refractivity contribution in [2.75, 3.05) is 92.5 Å². The molecule has 0 saturated carbocycles. The second-order valence-electron chi connectivity index (χ2n) is 36.4. The average Bonchev–Trinajstić information content (AvgIpc) is 0.730. The first-order chi connectivity index (χ1) is 56.3. The fraction of sp³-hybridized carbons (Fsp3) is 0.500. The van der Waals surface area contributed by atoms with Crippen molar-refractivity contribution < 1.29 is 47.5 Å². The quantitative estimate of drug-likeness (QED) is 0.0165. The van der Waals surface area contributed by atoms with Crippen molar-refractivity contribution in [1.29, 1.82) is 0 Å². The highest BCUT2D eigenvalue weighted by atomic mass is 16.6. The minimum absolute atomic E-state index is 0.0982. The lowest BCUT2D eigenvalue weighted by molar-refractivity contribution is -0.0213. The van der Waals surface area contributed by atoms with Gasteiger partial charge < -0.3 is 37.9 Å². The summed E-state index contributed by atoms with van der Waals surface area (Å²) in [5.41, 5.74) is 3.98. The van der Waals surface area contributed by atoms with E-state index in [0.29, 0.717) is 148 Å². The Kier molecular flexibility index (Phi) is 31.4. The Hall–Kier alpha value is -8.78. The van der Waals surface area contributed by atoms with Crippen molar-refractivity contribution in [2.45, 2.75) is 166 Å². The van der Waals surface area contributed by atoms with Gasteiger partial charge in [0.1, 0.15) is 13.2 Å². The minimum atomic E-state index is -0.416. The summed E-state index contributed by atoms with van der Waals surface area (Å²) in [4.78, 5) is 27.5. The molecule has 118 heavy (non-hydrogen) atoms. The number of benzene rings is 10. The van der Waals surface area contributed by atoms with Gasteiger partial charge >= 0.3 is 11.9 Å². The first-order valence-electron chi connectivity index (χ1n) is 43.9. The molecule has 0 aliphatic heterocycles. The molecule has 0 bridgehead atoms. The van der Waals surface area contributed by atoms with E-state index >= 15 is 0 Å². The van der Waals surface area contributed by atoms with E-state index < -0.39 is 11.9 Å². The molecule has 0 aromatic heterocycles. The monoisotopic (exact) mass is 1590 g/mol. The molecular weight excluding hydrogens is 1460 g/mol. The summed E-state index contributed by atoms with van der Waals surface area (Å²) < 4.78 is 46.1. The van der Waals surface area contributed by atoms with Crippen LogP contribution in [0.5, 0.6) is 0 Å². The first-order valence-corrected chi connectivity index (χ1v) is 43.9. The van der Waals surface area contributed by atoms with Crippen LogP contribution in [0, 0.1) is 140 Å². The molecule has 10 nitrogen and oxygen atoms in total. The zero-order valence-electron chi connectivity index (χ0n) is 75.6.